The lowest BCUT2D eigenvalue weighted by Gasteiger charge is -2.36. The van der Waals surface area contributed by atoms with E-state index in [1.807, 2.05) is 18.2 Å². The van der Waals surface area contributed by atoms with E-state index in [-0.39, 0.29) is 5.82 Å². The van der Waals surface area contributed by atoms with Gasteiger partial charge in [-0.3, -0.25) is 0 Å². The lowest BCUT2D eigenvalue weighted by molar-refractivity contribution is 0.187. The Labute approximate surface area is 224 Å². The standard InChI is InChI=1S/C30H35FN6O/c1-32-17-21-7-5-15-37(18-21)29-25-13-16-36(28-12-4-9-23-24(28)10-3-11-26(23)31)19-27(25)33-30(34-29)38-20-22-8-6-14-35(22)2/h3-4,9-12,21-22H,5-8,13-20H2,2H3/t21?,22-/m0/s1. The van der Waals surface area contributed by atoms with Crippen molar-refractivity contribution in [3.63, 3.8) is 0 Å². The van der Waals surface area contributed by atoms with Gasteiger partial charge < -0.3 is 24.3 Å². The van der Waals surface area contributed by atoms with E-state index in [0.29, 0.717) is 43.1 Å². The molecule has 3 aliphatic rings. The number of benzene rings is 2. The number of likely N-dealkylation sites (N-methyl/N-ethyl adjacent to an activating group) is 1. The number of nitrogens with zero attached hydrogens (tertiary/aromatic N) is 6. The van der Waals surface area contributed by atoms with Crippen LogP contribution in [0.3, 0.4) is 0 Å². The molecule has 38 heavy (non-hydrogen) atoms. The van der Waals surface area contributed by atoms with Crippen LogP contribution in [0.25, 0.3) is 15.6 Å². The van der Waals surface area contributed by atoms with Crippen LogP contribution in [0, 0.1) is 18.3 Å². The first-order valence-corrected chi connectivity index (χ1v) is 13.8. The Morgan fingerprint density at radius 2 is 1.87 bits per heavy atom. The number of hydrogen-bond donors (Lipinski definition) is 0. The summed E-state index contributed by atoms with van der Waals surface area (Å²) in [5, 5.41) is 1.56. The minimum atomic E-state index is -0.196. The maximum absolute atomic E-state index is 14.5. The number of piperidine rings is 1. The number of fused-ring (bicyclic) bond motifs is 2. The van der Waals surface area contributed by atoms with Crippen LogP contribution in [0.15, 0.2) is 36.4 Å². The van der Waals surface area contributed by atoms with Gasteiger partial charge in [-0.2, -0.15) is 9.97 Å². The summed E-state index contributed by atoms with van der Waals surface area (Å²) in [7, 11) is 2.15. The molecule has 0 amide bonds. The minimum Gasteiger partial charge on any atom is -0.462 e. The summed E-state index contributed by atoms with van der Waals surface area (Å²) < 4.78 is 20.8. The largest absolute Gasteiger partial charge is 0.462 e. The molecule has 2 aromatic carbocycles. The lowest BCUT2D eigenvalue weighted by atomic mass is 9.96. The first-order chi connectivity index (χ1) is 18.6. The van der Waals surface area contributed by atoms with Gasteiger partial charge in [-0.15, -0.1) is 0 Å². The monoisotopic (exact) mass is 514 g/mol. The van der Waals surface area contributed by atoms with Crippen LogP contribution in [-0.4, -0.2) is 67.3 Å². The van der Waals surface area contributed by atoms with Crippen molar-refractivity contribution in [3.8, 4) is 6.01 Å². The van der Waals surface area contributed by atoms with Gasteiger partial charge in [-0.05, 0) is 57.8 Å². The van der Waals surface area contributed by atoms with Crippen molar-refractivity contribution < 1.29 is 9.13 Å². The van der Waals surface area contributed by atoms with Crippen molar-refractivity contribution in [2.24, 2.45) is 5.92 Å². The van der Waals surface area contributed by atoms with Gasteiger partial charge in [-0.25, -0.2) is 11.0 Å². The normalized spacial score (nSPS) is 21.9. The topological polar surface area (TPSA) is 49.1 Å². The van der Waals surface area contributed by atoms with Crippen molar-refractivity contribution in [3.05, 3.63) is 64.9 Å². The first kappa shape index (κ1) is 24.9. The molecule has 6 rings (SSSR count). The van der Waals surface area contributed by atoms with Crippen molar-refractivity contribution in [2.45, 2.75) is 44.7 Å². The zero-order valence-corrected chi connectivity index (χ0v) is 22.1. The van der Waals surface area contributed by atoms with Crippen LogP contribution in [-0.2, 0) is 13.0 Å². The quantitative estimate of drug-likeness (QED) is 0.435. The van der Waals surface area contributed by atoms with Crippen LogP contribution < -0.4 is 14.5 Å². The Bertz CT molecular complexity index is 1360. The Morgan fingerprint density at radius 1 is 1.03 bits per heavy atom. The molecule has 2 saturated heterocycles. The highest BCUT2D eigenvalue weighted by atomic mass is 19.1. The molecular weight excluding hydrogens is 479 g/mol. The zero-order valence-electron chi connectivity index (χ0n) is 22.1. The third-order valence-corrected chi connectivity index (χ3v) is 8.45. The highest BCUT2D eigenvalue weighted by Gasteiger charge is 2.30. The molecule has 4 heterocycles. The molecule has 2 atom stereocenters. The van der Waals surface area contributed by atoms with Gasteiger partial charge in [0.1, 0.15) is 18.2 Å². The second kappa shape index (κ2) is 10.7. The van der Waals surface area contributed by atoms with Crippen molar-refractivity contribution in [1.29, 1.82) is 0 Å². The van der Waals surface area contributed by atoms with E-state index >= 15 is 0 Å². The molecule has 1 unspecified atom stereocenters. The number of likely N-dealkylation sites (tertiary alicyclic amines) is 1. The summed E-state index contributed by atoms with van der Waals surface area (Å²) in [5.74, 6) is 1.15. The summed E-state index contributed by atoms with van der Waals surface area (Å²) in [6.45, 7) is 12.8. The van der Waals surface area contributed by atoms with Gasteiger partial charge in [-0.1, -0.05) is 24.3 Å². The maximum atomic E-state index is 14.5. The van der Waals surface area contributed by atoms with Gasteiger partial charge in [0.2, 0.25) is 6.54 Å². The Morgan fingerprint density at radius 3 is 2.71 bits per heavy atom. The summed E-state index contributed by atoms with van der Waals surface area (Å²) in [5.41, 5.74) is 3.19. The Kier molecular flexibility index (Phi) is 7.03. The minimum absolute atomic E-state index is 0.196. The smallest absolute Gasteiger partial charge is 0.318 e. The van der Waals surface area contributed by atoms with Gasteiger partial charge in [0.15, 0.2) is 0 Å². The molecule has 3 aliphatic heterocycles. The van der Waals surface area contributed by atoms with E-state index in [2.05, 4.69) is 32.7 Å². The molecule has 0 bridgehead atoms. The van der Waals surface area contributed by atoms with Crippen LogP contribution in [0.5, 0.6) is 6.01 Å². The van der Waals surface area contributed by atoms with Crippen molar-refractivity contribution in [1.82, 2.24) is 14.9 Å². The Balaban J connectivity index is 1.33. The molecule has 0 N–H and O–H groups in total. The lowest BCUT2D eigenvalue weighted by Crippen LogP contribution is -2.39. The van der Waals surface area contributed by atoms with Crippen LogP contribution in [0.2, 0.25) is 0 Å². The molecule has 3 aromatic rings. The molecule has 0 spiro atoms. The molecule has 0 saturated carbocycles. The van der Waals surface area contributed by atoms with Crippen molar-refractivity contribution >= 4 is 22.3 Å². The molecular formula is C30H35FN6O. The third kappa shape index (κ3) is 4.88. The molecule has 7 nitrogen and oxygen atoms in total. The number of halogens is 1. The maximum Gasteiger partial charge on any atom is 0.318 e. The molecule has 8 heteroatoms. The fraction of sp³-hybridized carbons (Fsp3) is 0.500. The van der Waals surface area contributed by atoms with E-state index in [1.54, 1.807) is 6.07 Å². The fourth-order valence-electron chi connectivity index (χ4n) is 6.35. The van der Waals surface area contributed by atoms with Gasteiger partial charge in [0, 0.05) is 53.6 Å². The van der Waals surface area contributed by atoms with E-state index in [9.17, 15) is 4.39 Å². The molecule has 0 radical (unpaired) electrons. The first-order valence-electron chi connectivity index (χ1n) is 13.8. The number of hydrogen-bond acceptors (Lipinski definition) is 6. The molecule has 198 valence electrons. The molecule has 2 fully saturated rings. The van der Waals surface area contributed by atoms with Gasteiger partial charge >= 0.3 is 6.01 Å². The number of rotatable bonds is 6. The molecule has 0 aliphatic carbocycles. The molecule has 1 aromatic heterocycles. The van der Waals surface area contributed by atoms with E-state index in [1.165, 1.54) is 18.1 Å². The van der Waals surface area contributed by atoms with E-state index in [4.69, 9.17) is 21.3 Å². The summed E-state index contributed by atoms with van der Waals surface area (Å²) in [4.78, 5) is 20.6. The van der Waals surface area contributed by atoms with Gasteiger partial charge in [0.25, 0.3) is 0 Å². The third-order valence-electron chi connectivity index (χ3n) is 8.45. The van der Waals surface area contributed by atoms with Crippen LogP contribution >= 0.6 is 0 Å². The summed E-state index contributed by atoms with van der Waals surface area (Å²) in [6.07, 6.45) is 5.29. The summed E-state index contributed by atoms with van der Waals surface area (Å²) >= 11 is 0. The second-order valence-electron chi connectivity index (χ2n) is 10.9. The predicted molar refractivity (Wildman–Crippen MR) is 148 cm³/mol. The zero-order chi connectivity index (χ0) is 26.1. The highest BCUT2D eigenvalue weighted by molar-refractivity contribution is 5.94. The SMILES string of the molecule is [C-]#[N+]CC1CCCN(c2nc(OC[C@@H]3CCCN3C)nc3c2CCN(c2cccc4c(F)cccc24)C3)C1. The fourth-order valence-corrected chi connectivity index (χ4v) is 6.35. The van der Waals surface area contributed by atoms with E-state index in [0.717, 1.165) is 74.4 Å². The van der Waals surface area contributed by atoms with Crippen LogP contribution in [0.4, 0.5) is 15.9 Å². The predicted octanol–water partition coefficient (Wildman–Crippen LogP) is 4.94. The van der Waals surface area contributed by atoms with Gasteiger partial charge in [0.05, 0.1) is 12.2 Å². The van der Waals surface area contributed by atoms with Crippen LogP contribution in [0.1, 0.15) is 36.9 Å². The number of ether oxygens (including phenoxy) is 1. The number of anilines is 2. The Hall–Kier alpha value is -3.44. The van der Waals surface area contributed by atoms with E-state index < -0.39 is 0 Å². The highest BCUT2D eigenvalue weighted by Crippen LogP contribution is 2.35. The summed E-state index contributed by atoms with van der Waals surface area (Å²) in [6, 6.07) is 12.0. The average molecular weight is 515 g/mol. The van der Waals surface area contributed by atoms with Crippen molar-refractivity contribution in [2.75, 3.05) is 56.2 Å². The number of aromatic nitrogens is 2. The average Bonchev–Trinajstić information content (AvgIpc) is 3.36. The second-order valence-corrected chi connectivity index (χ2v) is 10.9.